The first-order valence-electron chi connectivity index (χ1n) is 6.19. The number of amides is 1. The molecule has 21 heavy (non-hydrogen) atoms. The fraction of sp³-hybridized carbons (Fsp3) is 0. The predicted octanol–water partition coefficient (Wildman–Crippen LogP) is 3.64. The summed E-state index contributed by atoms with van der Waals surface area (Å²) in [7, 11) is 0. The molecule has 0 bridgehead atoms. The van der Waals surface area contributed by atoms with Crippen LogP contribution in [0.15, 0.2) is 59.1 Å². The molecule has 0 aliphatic heterocycles. The summed E-state index contributed by atoms with van der Waals surface area (Å²) < 4.78 is 5.11. The summed E-state index contributed by atoms with van der Waals surface area (Å²) in [5.41, 5.74) is 1.13. The first-order chi connectivity index (χ1) is 10.2. The van der Waals surface area contributed by atoms with Crippen molar-refractivity contribution in [3.8, 4) is 11.5 Å². The summed E-state index contributed by atoms with van der Waals surface area (Å²) in [6.07, 6.45) is 0. The number of aromatic nitrogens is 2. The van der Waals surface area contributed by atoms with Crippen LogP contribution >= 0.6 is 11.6 Å². The minimum absolute atomic E-state index is 0.0961. The zero-order valence-electron chi connectivity index (χ0n) is 10.8. The van der Waals surface area contributed by atoms with E-state index in [1.54, 1.807) is 24.3 Å². The standard InChI is InChI=1S/C15H10ClN3O2/c16-12-9-5-4-8-11(12)13(20)17-15-18-14(21-19-15)10-6-2-1-3-7-10/h1-9H,(H,17,19,20). The van der Waals surface area contributed by atoms with Crippen molar-refractivity contribution in [2.24, 2.45) is 0 Å². The number of carbonyl (C=O) groups is 1. The van der Waals surface area contributed by atoms with E-state index in [1.807, 2.05) is 30.3 Å². The third kappa shape index (κ3) is 2.93. The van der Waals surface area contributed by atoms with Crippen molar-refractivity contribution in [2.45, 2.75) is 0 Å². The maximum absolute atomic E-state index is 12.1. The summed E-state index contributed by atoms with van der Waals surface area (Å²) in [5.74, 6) is 0.0462. The maximum atomic E-state index is 12.1. The lowest BCUT2D eigenvalue weighted by atomic mass is 10.2. The molecule has 0 aliphatic rings. The zero-order chi connectivity index (χ0) is 14.7. The largest absolute Gasteiger partial charge is 0.332 e. The Bertz CT molecular complexity index is 771. The Hall–Kier alpha value is -2.66. The van der Waals surface area contributed by atoms with Crippen LogP contribution in [0.2, 0.25) is 5.02 Å². The molecule has 1 amide bonds. The molecule has 0 unspecified atom stereocenters. The van der Waals surface area contributed by atoms with Gasteiger partial charge in [0.1, 0.15) is 0 Å². The number of halogens is 1. The molecule has 1 N–H and O–H groups in total. The summed E-state index contributed by atoms with van der Waals surface area (Å²) in [6.45, 7) is 0. The van der Waals surface area contributed by atoms with Crippen LogP contribution in [0, 0.1) is 0 Å². The molecule has 0 saturated heterocycles. The third-order valence-electron chi connectivity index (χ3n) is 2.79. The van der Waals surface area contributed by atoms with Gasteiger partial charge in [-0.3, -0.25) is 10.1 Å². The van der Waals surface area contributed by atoms with Crippen molar-refractivity contribution < 1.29 is 9.32 Å². The van der Waals surface area contributed by atoms with E-state index in [-0.39, 0.29) is 11.9 Å². The SMILES string of the molecule is O=C(Nc1noc(-c2ccccc2)n1)c1ccccc1Cl. The van der Waals surface area contributed by atoms with E-state index in [0.717, 1.165) is 5.56 Å². The van der Waals surface area contributed by atoms with E-state index in [1.165, 1.54) is 0 Å². The topological polar surface area (TPSA) is 68.0 Å². The molecule has 0 aliphatic carbocycles. The van der Waals surface area contributed by atoms with Crippen molar-refractivity contribution in [2.75, 3.05) is 5.32 Å². The molecule has 2 aromatic carbocycles. The molecule has 3 aromatic rings. The van der Waals surface area contributed by atoms with Gasteiger partial charge in [-0.15, -0.1) is 0 Å². The number of carbonyl (C=O) groups excluding carboxylic acids is 1. The lowest BCUT2D eigenvalue weighted by molar-refractivity contribution is 0.102. The molecule has 0 spiro atoms. The van der Waals surface area contributed by atoms with Gasteiger partial charge in [0.15, 0.2) is 0 Å². The second kappa shape index (κ2) is 5.76. The maximum Gasteiger partial charge on any atom is 0.270 e. The Balaban J connectivity index is 1.79. The van der Waals surface area contributed by atoms with Crippen molar-refractivity contribution >= 4 is 23.5 Å². The van der Waals surface area contributed by atoms with Crippen LogP contribution in [0.3, 0.4) is 0 Å². The number of benzene rings is 2. The number of nitrogens with one attached hydrogen (secondary N) is 1. The molecule has 0 saturated carbocycles. The predicted molar refractivity (Wildman–Crippen MR) is 79.1 cm³/mol. The molecular weight excluding hydrogens is 290 g/mol. The van der Waals surface area contributed by atoms with E-state index < -0.39 is 0 Å². The Kier molecular flexibility index (Phi) is 3.66. The van der Waals surface area contributed by atoms with Gasteiger partial charge in [0.2, 0.25) is 0 Å². The van der Waals surface area contributed by atoms with Gasteiger partial charge in [-0.1, -0.05) is 41.9 Å². The van der Waals surface area contributed by atoms with Gasteiger partial charge in [-0.05, 0) is 29.4 Å². The van der Waals surface area contributed by atoms with E-state index in [4.69, 9.17) is 16.1 Å². The van der Waals surface area contributed by atoms with Crippen LogP contribution in [-0.2, 0) is 0 Å². The molecule has 3 rings (SSSR count). The van der Waals surface area contributed by atoms with E-state index in [2.05, 4.69) is 15.5 Å². The lowest BCUT2D eigenvalue weighted by Crippen LogP contribution is -2.13. The van der Waals surface area contributed by atoms with Crippen LogP contribution < -0.4 is 5.32 Å². The molecule has 0 radical (unpaired) electrons. The zero-order valence-corrected chi connectivity index (χ0v) is 11.5. The highest BCUT2D eigenvalue weighted by Gasteiger charge is 2.14. The van der Waals surface area contributed by atoms with Crippen LogP contribution in [-0.4, -0.2) is 16.0 Å². The van der Waals surface area contributed by atoms with Gasteiger partial charge in [0.25, 0.3) is 17.7 Å². The van der Waals surface area contributed by atoms with E-state index in [9.17, 15) is 4.79 Å². The third-order valence-corrected chi connectivity index (χ3v) is 3.12. The number of hydrogen-bond donors (Lipinski definition) is 1. The van der Waals surface area contributed by atoms with Crippen molar-refractivity contribution in [1.82, 2.24) is 10.1 Å². The minimum atomic E-state index is -0.388. The fourth-order valence-electron chi connectivity index (χ4n) is 1.79. The summed E-state index contributed by atoms with van der Waals surface area (Å²) >= 11 is 5.96. The number of hydrogen-bond acceptors (Lipinski definition) is 4. The molecule has 5 nitrogen and oxygen atoms in total. The molecule has 104 valence electrons. The van der Waals surface area contributed by atoms with Crippen molar-refractivity contribution in [3.05, 3.63) is 65.2 Å². The first-order valence-corrected chi connectivity index (χ1v) is 6.57. The molecule has 0 atom stereocenters. The Morgan fingerprint density at radius 2 is 1.76 bits per heavy atom. The van der Waals surface area contributed by atoms with E-state index in [0.29, 0.717) is 16.5 Å². The van der Waals surface area contributed by atoms with Gasteiger partial charge >= 0.3 is 0 Å². The van der Waals surface area contributed by atoms with Gasteiger partial charge in [0, 0.05) is 5.56 Å². The average Bonchev–Trinajstić information content (AvgIpc) is 2.97. The first kappa shape index (κ1) is 13.3. The number of anilines is 1. The Labute approximate surface area is 125 Å². The lowest BCUT2D eigenvalue weighted by Gasteiger charge is -2.01. The van der Waals surface area contributed by atoms with Crippen LogP contribution in [0.4, 0.5) is 5.95 Å². The Morgan fingerprint density at radius 1 is 1.05 bits per heavy atom. The second-order valence-electron chi connectivity index (χ2n) is 4.22. The van der Waals surface area contributed by atoms with Gasteiger partial charge < -0.3 is 4.52 Å². The highest BCUT2D eigenvalue weighted by molar-refractivity contribution is 6.34. The monoisotopic (exact) mass is 299 g/mol. The van der Waals surface area contributed by atoms with Gasteiger partial charge in [-0.2, -0.15) is 4.98 Å². The summed E-state index contributed by atoms with van der Waals surface area (Å²) in [6, 6.07) is 16.0. The smallest absolute Gasteiger partial charge is 0.270 e. The normalized spacial score (nSPS) is 10.3. The van der Waals surface area contributed by atoms with Gasteiger partial charge in [-0.25, -0.2) is 0 Å². The van der Waals surface area contributed by atoms with E-state index >= 15 is 0 Å². The highest BCUT2D eigenvalue weighted by Crippen LogP contribution is 2.19. The second-order valence-corrected chi connectivity index (χ2v) is 4.63. The molecule has 1 aromatic heterocycles. The fourth-order valence-corrected chi connectivity index (χ4v) is 2.01. The van der Waals surface area contributed by atoms with Crippen molar-refractivity contribution in [3.63, 3.8) is 0 Å². The van der Waals surface area contributed by atoms with Crippen molar-refractivity contribution in [1.29, 1.82) is 0 Å². The van der Waals surface area contributed by atoms with Crippen LogP contribution in [0.5, 0.6) is 0 Å². The molecule has 1 heterocycles. The quantitative estimate of drug-likeness (QED) is 0.801. The average molecular weight is 300 g/mol. The minimum Gasteiger partial charge on any atom is -0.332 e. The molecular formula is C15H10ClN3O2. The number of rotatable bonds is 3. The molecule has 0 fully saturated rings. The highest BCUT2D eigenvalue weighted by atomic mass is 35.5. The van der Waals surface area contributed by atoms with Gasteiger partial charge in [0.05, 0.1) is 10.6 Å². The summed E-state index contributed by atoms with van der Waals surface area (Å²) in [5, 5.41) is 6.64. The Morgan fingerprint density at radius 3 is 2.52 bits per heavy atom. The molecule has 6 heteroatoms. The van der Waals surface area contributed by atoms with Crippen LogP contribution in [0.25, 0.3) is 11.5 Å². The summed E-state index contributed by atoms with van der Waals surface area (Å²) in [4.78, 5) is 16.2. The number of nitrogens with zero attached hydrogens (tertiary/aromatic N) is 2. The van der Waals surface area contributed by atoms with Crippen LogP contribution in [0.1, 0.15) is 10.4 Å².